The molecule has 2 heterocycles. The number of nitrogens with zero attached hydrogens (tertiary/aromatic N) is 3. The second-order valence-electron chi connectivity index (χ2n) is 6.14. The SMILES string of the molecule is CS(=O)(=O)N1C[C@H](C(=O)Nc2nnc(-c3ccccc3)s2)Oc2ccccc21. The number of ether oxygens (including phenoxy) is 1. The minimum atomic E-state index is -3.56. The van der Waals surface area contributed by atoms with E-state index in [1.54, 1.807) is 24.3 Å². The molecule has 0 saturated heterocycles. The number of rotatable bonds is 4. The lowest BCUT2D eigenvalue weighted by molar-refractivity contribution is -0.122. The zero-order valence-corrected chi connectivity index (χ0v) is 16.4. The second-order valence-corrected chi connectivity index (χ2v) is 9.02. The molecule has 2 aromatic carbocycles. The minimum Gasteiger partial charge on any atom is -0.476 e. The highest BCUT2D eigenvalue weighted by molar-refractivity contribution is 7.92. The molecule has 1 aromatic heterocycles. The first-order chi connectivity index (χ1) is 13.4. The number of benzene rings is 2. The third kappa shape index (κ3) is 3.69. The van der Waals surface area contributed by atoms with Crippen LogP contribution in [0.5, 0.6) is 5.75 Å². The first-order valence-electron chi connectivity index (χ1n) is 8.35. The molecule has 1 N–H and O–H groups in total. The van der Waals surface area contributed by atoms with E-state index in [0.717, 1.165) is 11.8 Å². The number of para-hydroxylation sites is 2. The Bertz CT molecular complexity index is 1120. The summed E-state index contributed by atoms with van der Waals surface area (Å²) in [5, 5.41) is 11.7. The Kier molecular flexibility index (Phi) is 4.73. The molecule has 8 nitrogen and oxygen atoms in total. The van der Waals surface area contributed by atoms with E-state index in [4.69, 9.17) is 4.74 Å². The van der Waals surface area contributed by atoms with E-state index in [2.05, 4.69) is 15.5 Å². The molecule has 144 valence electrons. The molecule has 0 spiro atoms. The number of fused-ring (bicyclic) bond motifs is 1. The number of aromatic nitrogens is 2. The van der Waals surface area contributed by atoms with Gasteiger partial charge in [-0.3, -0.25) is 14.4 Å². The predicted octanol–water partition coefficient (Wildman–Crippen LogP) is 2.37. The van der Waals surface area contributed by atoms with Gasteiger partial charge < -0.3 is 4.74 Å². The monoisotopic (exact) mass is 416 g/mol. The zero-order chi connectivity index (χ0) is 19.7. The predicted molar refractivity (Wildman–Crippen MR) is 107 cm³/mol. The van der Waals surface area contributed by atoms with E-state index >= 15 is 0 Å². The van der Waals surface area contributed by atoms with Gasteiger partial charge in [0.1, 0.15) is 10.8 Å². The summed E-state index contributed by atoms with van der Waals surface area (Å²) in [6.45, 7) is -0.119. The van der Waals surface area contributed by atoms with Gasteiger partial charge in [0.2, 0.25) is 15.2 Å². The Morgan fingerprint density at radius 3 is 2.61 bits per heavy atom. The minimum absolute atomic E-state index is 0.119. The van der Waals surface area contributed by atoms with Gasteiger partial charge in [-0.2, -0.15) is 0 Å². The first-order valence-corrected chi connectivity index (χ1v) is 11.0. The lowest BCUT2D eigenvalue weighted by Crippen LogP contribution is -2.48. The maximum Gasteiger partial charge on any atom is 0.269 e. The molecular formula is C18H16N4O4S2. The molecule has 4 rings (SSSR count). The lowest BCUT2D eigenvalue weighted by Gasteiger charge is -2.33. The van der Waals surface area contributed by atoms with Gasteiger partial charge >= 0.3 is 0 Å². The van der Waals surface area contributed by atoms with Gasteiger partial charge in [0.05, 0.1) is 18.5 Å². The highest BCUT2D eigenvalue weighted by Crippen LogP contribution is 2.35. The van der Waals surface area contributed by atoms with E-state index < -0.39 is 22.0 Å². The molecule has 0 aliphatic carbocycles. The number of anilines is 2. The van der Waals surface area contributed by atoms with Crippen LogP contribution in [-0.4, -0.2) is 43.4 Å². The topological polar surface area (TPSA) is 101 Å². The van der Waals surface area contributed by atoms with Crippen LogP contribution < -0.4 is 14.4 Å². The summed E-state index contributed by atoms with van der Waals surface area (Å²) in [4.78, 5) is 12.7. The van der Waals surface area contributed by atoms with Crippen molar-refractivity contribution < 1.29 is 17.9 Å². The molecule has 1 aliphatic rings. The first kappa shape index (κ1) is 18.4. The molecule has 1 aliphatic heterocycles. The van der Waals surface area contributed by atoms with E-state index in [-0.39, 0.29) is 6.54 Å². The number of nitrogens with one attached hydrogen (secondary N) is 1. The average Bonchev–Trinajstić information content (AvgIpc) is 3.15. The summed E-state index contributed by atoms with van der Waals surface area (Å²) in [6.07, 6.45) is 0.0923. The molecule has 10 heteroatoms. The van der Waals surface area contributed by atoms with Crippen LogP contribution in [0.25, 0.3) is 10.6 Å². The summed E-state index contributed by atoms with van der Waals surface area (Å²) in [6, 6.07) is 16.2. The molecular weight excluding hydrogens is 400 g/mol. The molecule has 0 bridgehead atoms. The van der Waals surface area contributed by atoms with E-state index in [9.17, 15) is 13.2 Å². The van der Waals surface area contributed by atoms with Crippen molar-refractivity contribution in [2.45, 2.75) is 6.10 Å². The van der Waals surface area contributed by atoms with Crippen LogP contribution in [0.15, 0.2) is 54.6 Å². The van der Waals surface area contributed by atoms with Gasteiger partial charge in [-0.1, -0.05) is 53.8 Å². The van der Waals surface area contributed by atoms with Gasteiger partial charge in [-0.05, 0) is 12.1 Å². The Morgan fingerprint density at radius 1 is 1.14 bits per heavy atom. The van der Waals surface area contributed by atoms with Gasteiger partial charge in [0.25, 0.3) is 5.91 Å². The molecule has 1 amide bonds. The van der Waals surface area contributed by atoms with Crippen LogP contribution >= 0.6 is 11.3 Å². The zero-order valence-electron chi connectivity index (χ0n) is 14.8. The molecule has 0 fully saturated rings. The van der Waals surface area contributed by atoms with Crippen molar-refractivity contribution in [1.29, 1.82) is 0 Å². The van der Waals surface area contributed by atoms with Crippen molar-refractivity contribution in [2.24, 2.45) is 0 Å². The fourth-order valence-electron chi connectivity index (χ4n) is 2.81. The van der Waals surface area contributed by atoms with Crippen LogP contribution in [0.1, 0.15) is 0 Å². The highest BCUT2D eigenvalue weighted by atomic mass is 32.2. The Balaban J connectivity index is 1.54. The largest absolute Gasteiger partial charge is 0.476 e. The average molecular weight is 416 g/mol. The summed E-state index contributed by atoms with van der Waals surface area (Å²) < 4.78 is 31.2. The lowest BCUT2D eigenvalue weighted by atomic mass is 10.2. The number of sulfonamides is 1. The molecule has 28 heavy (non-hydrogen) atoms. The molecule has 0 unspecified atom stereocenters. The van der Waals surface area contributed by atoms with Gasteiger partial charge in [-0.25, -0.2) is 8.42 Å². The molecule has 0 saturated carbocycles. The van der Waals surface area contributed by atoms with Gasteiger partial charge in [-0.15, -0.1) is 10.2 Å². The number of hydrogen-bond acceptors (Lipinski definition) is 7. The maximum atomic E-state index is 12.7. The highest BCUT2D eigenvalue weighted by Gasteiger charge is 2.35. The molecule has 3 aromatic rings. The smallest absolute Gasteiger partial charge is 0.269 e. The van der Waals surface area contributed by atoms with E-state index in [1.807, 2.05) is 30.3 Å². The number of carbonyl (C=O) groups is 1. The summed E-state index contributed by atoms with van der Waals surface area (Å²) in [5.41, 5.74) is 1.31. The fraction of sp³-hybridized carbons (Fsp3) is 0.167. The van der Waals surface area contributed by atoms with Crippen molar-refractivity contribution in [3.05, 3.63) is 54.6 Å². The van der Waals surface area contributed by atoms with Crippen molar-refractivity contribution in [3.8, 4) is 16.3 Å². The van der Waals surface area contributed by atoms with Crippen LogP contribution in [0.4, 0.5) is 10.8 Å². The number of hydrogen-bond donors (Lipinski definition) is 1. The van der Waals surface area contributed by atoms with Crippen LogP contribution in [0, 0.1) is 0 Å². The summed E-state index contributed by atoms with van der Waals surface area (Å²) in [5.74, 6) is -0.152. The van der Waals surface area contributed by atoms with Gasteiger partial charge in [0.15, 0.2) is 6.10 Å². The number of amides is 1. The second kappa shape index (κ2) is 7.21. The van der Waals surface area contributed by atoms with E-state index in [0.29, 0.717) is 21.6 Å². The fourth-order valence-corrected chi connectivity index (χ4v) is 4.48. The van der Waals surface area contributed by atoms with Crippen molar-refractivity contribution in [2.75, 3.05) is 22.4 Å². The maximum absolute atomic E-state index is 12.7. The van der Waals surface area contributed by atoms with Crippen molar-refractivity contribution in [3.63, 3.8) is 0 Å². The molecule has 0 radical (unpaired) electrons. The molecule has 1 atom stereocenters. The van der Waals surface area contributed by atoms with Crippen LogP contribution in [0.2, 0.25) is 0 Å². The normalized spacial score (nSPS) is 16.2. The standard InChI is InChI=1S/C18H16N4O4S2/c1-28(24,25)22-11-15(26-14-10-6-5-9-13(14)22)16(23)19-18-21-20-17(27-18)12-7-3-2-4-8-12/h2-10,15H,11H2,1H3,(H,19,21,23)/t15-/m1/s1. The van der Waals surface area contributed by atoms with Crippen molar-refractivity contribution in [1.82, 2.24) is 10.2 Å². The Labute approximate surface area is 165 Å². The van der Waals surface area contributed by atoms with Crippen molar-refractivity contribution >= 4 is 38.1 Å². The third-order valence-corrected chi connectivity index (χ3v) is 6.14. The van der Waals surface area contributed by atoms with Gasteiger partial charge in [0, 0.05) is 5.56 Å². The summed E-state index contributed by atoms with van der Waals surface area (Å²) in [7, 11) is -3.56. The summed E-state index contributed by atoms with van der Waals surface area (Å²) >= 11 is 1.23. The van der Waals surface area contributed by atoms with E-state index in [1.165, 1.54) is 15.6 Å². The van der Waals surface area contributed by atoms with Crippen LogP contribution in [-0.2, 0) is 14.8 Å². The number of carbonyl (C=O) groups excluding carboxylic acids is 1. The quantitative estimate of drug-likeness (QED) is 0.701. The Hall–Kier alpha value is -2.98. The third-order valence-electron chi connectivity index (χ3n) is 4.10. The Morgan fingerprint density at radius 2 is 1.86 bits per heavy atom. The van der Waals surface area contributed by atoms with Crippen LogP contribution in [0.3, 0.4) is 0 Å².